The zero-order chi connectivity index (χ0) is 18.6. The highest BCUT2D eigenvalue weighted by molar-refractivity contribution is 7.89. The number of amides is 1. The van der Waals surface area contributed by atoms with Gasteiger partial charge in [0.15, 0.2) is 0 Å². The third-order valence-electron chi connectivity index (χ3n) is 4.54. The van der Waals surface area contributed by atoms with Gasteiger partial charge in [-0.3, -0.25) is 10.1 Å². The predicted molar refractivity (Wildman–Crippen MR) is 98.7 cm³/mol. The highest BCUT2D eigenvalue weighted by Gasteiger charge is 2.26. The van der Waals surface area contributed by atoms with Crippen molar-refractivity contribution in [2.75, 3.05) is 13.1 Å². The summed E-state index contributed by atoms with van der Waals surface area (Å²) in [6, 6.07) is 6.88. The van der Waals surface area contributed by atoms with Crippen molar-refractivity contribution < 1.29 is 13.2 Å². The molecule has 2 atom stereocenters. The van der Waals surface area contributed by atoms with E-state index in [4.69, 9.17) is 0 Å². The Morgan fingerprint density at radius 3 is 2.20 bits per heavy atom. The Morgan fingerprint density at radius 2 is 1.72 bits per heavy atom. The number of benzene rings is 1. The van der Waals surface area contributed by atoms with Crippen molar-refractivity contribution in [3.8, 4) is 0 Å². The maximum absolute atomic E-state index is 12.5. The standard InChI is InChI=1S/C18H29N3O3S/c1-5-21(6-2)25(23,24)17-11-7-15(8-12-17)13(3)19-14(4)18(22)20-16-9-10-16/h7-8,11-14,16,19H,5-6,9-10H2,1-4H3,(H,20,22)/t13-,14-/m0/s1. The van der Waals surface area contributed by atoms with Gasteiger partial charge in [-0.2, -0.15) is 4.31 Å². The van der Waals surface area contributed by atoms with Crippen LogP contribution < -0.4 is 10.6 Å². The monoisotopic (exact) mass is 367 g/mol. The van der Waals surface area contributed by atoms with Gasteiger partial charge in [-0.15, -0.1) is 0 Å². The van der Waals surface area contributed by atoms with Crippen LogP contribution in [0.4, 0.5) is 0 Å². The van der Waals surface area contributed by atoms with E-state index in [2.05, 4.69) is 10.6 Å². The van der Waals surface area contributed by atoms with Crippen LogP contribution >= 0.6 is 0 Å². The number of carbonyl (C=O) groups excluding carboxylic acids is 1. The lowest BCUT2D eigenvalue weighted by Crippen LogP contribution is -2.43. The summed E-state index contributed by atoms with van der Waals surface area (Å²) in [5.74, 6) is 0.00933. The van der Waals surface area contributed by atoms with E-state index in [1.165, 1.54) is 4.31 Å². The molecule has 1 aromatic rings. The molecule has 0 aromatic heterocycles. The molecule has 0 spiro atoms. The van der Waals surface area contributed by atoms with Gasteiger partial charge < -0.3 is 5.32 Å². The first-order chi connectivity index (χ1) is 11.8. The SMILES string of the molecule is CCN(CC)S(=O)(=O)c1ccc([C@H](C)N[C@@H](C)C(=O)NC2CC2)cc1. The van der Waals surface area contributed by atoms with Gasteiger partial charge in [-0.25, -0.2) is 8.42 Å². The normalized spacial score (nSPS) is 17.3. The molecule has 1 saturated carbocycles. The van der Waals surface area contributed by atoms with Gasteiger partial charge in [0.2, 0.25) is 15.9 Å². The molecule has 1 aliphatic rings. The molecule has 1 aliphatic carbocycles. The van der Waals surface area contributed by atoms with Crippen LogP contribution in [0.25, 0.3) is 0 Å². The Kier molecular flexibility index (Phi) is 6.59. The number of rotatable bonds is 9. The Hall–Kier alpha value is -1.44. The third-order valence-corrected chi connectivity index (χ3v) is 6.60. The first-order valence-corrected chi connectivity index (χ1v) is 10.4. The number of sulfonamides is 1. The Balaban J connectivity index is 2.02. The van der Waals surface area contributed by atoms with E-state index in [9.17, 15) is 13.2 Å². The lowest BCUT2D eigenvalue weighted by atomic mass is 10.1. The van der Waals surface area contributed by atoms with Crippen molar-refractivity contribution in [2.45, 2.75) is 63.6 Å². The van der Waals surface area contributed by atoms with Crippen molar-refractivity contribution in [1.82, 2.24) is 14.9 Å². The Bertz CT molecular complexity index is 680. The molecule has 0 heterocycles. The fourth-order valence-corrected chi connectivity index (χ4v) is 4.20. The van der Waals surface area contributed by atoms with Gasteiger partial charge in [0.05, 0.1) is 10.9 Å². The molecule has 2 N–H and O–H groups in total. The second kappa shape index (κ2) is 8.29. The molecule has 25 heavy (non-hydrogen) atoms. The zero-order valence-electron chi connectivity index (χ0n) is 15.5. The van der Waals surface area contributed by atoms with Crippen LogP contribution in [0.1, 0.15) is 52.1 Å². The maximum atomic E-state index is 12.5. The van der Waals surface area contributed by atoms with E-state index in [0.29, 0.717) is 24.0 Å². The lowest BCUT2D eigenvalue weighted by molar-refractivity contribution is -0.123. The summed E-state index contributed by atoms with van der Waals surface area (Å²) < 4.78 is 26.5. The molecule has 0 aliphatic heterocycles. The van der Waals surface area contributed by atoms with Crippen molar-refractivity contribution >= 4 is 15.9 Å². The fourth-order valence-electron chi connectivity index (χ4n) is 2.74. The summed E-state index contributed by atoms with van der Waals surface area (Å²) >= 11 is 0. The third kappa shape index (κ3) is 5.03. The number of nitrogens with zero attached hydrogens (tertiary/aromatic N) is 1. The topological polar surface area (TPSA) is 78.5 Å². The molecule has 1 aromatic carbocycles. The Morgan fingerprint density at radius 1 is 1.16 bits per heavy atom. The van der Waals surface area contributed by atoms with Gasteiger partial charge >= 0.3 is 0 Å². The molecule has 0 saturated heterocycles. The second-order valence-electron chi connectivity index (χ2n) is 6.55. The number of hydrogen-bond donors (Lipinski definition) is 2. The van der Waals surface area contributed by atoms with E-state index in [-0.39, 0.29) is 18.0 Å². The number of carbonyl (C=O) groups is 1. The molecule has 0 unspecified atom stereocenters. The largest absolute Gasteiger partial charge is 0.352 e. The van der Waals surface area contributed by atoms with E-state index >= 15 is 0 Å². The van der Waals surface area contributed by atoms with Gasteiger partial charge in [0.25, 0.3) is 0 Å². The summed E-state index contributed by atoms with van der Waals surface area (Å²) in [7, 11) is -3.44. The molecule has 1 fully saturated rings. The van der Waals surface area contributed by atoms with Crippen LogP contribution in [0.5, 0.6) is 0 Å². The summed E-state index contributed by atoms with van der Waals surface area (Å²) in [6.45, 7) is 8.37. The van der Waals surface area contributed by atoms with Crippen LogP contribution in [-0.2, 0) is 14.8 Å². The summed E-state index contributed by atoms with van der Waals surface area (Å²) in [5, 5.41) is 6.24. The molecule has 140 valence electrons. The van der Waals surface area contributed by atoms with Gasteiger partial charge in [-0.05, 0) is 44.4 Å². The van der Waals surface area contributed by atoms with Crippen molar-refractivity contribution in [1.29, 1.82) is 0 Å². The van der Waals surface area contributed by atoms with Gasteiger partial charge in [-0.1, -0.05) is 26.0 Å². The fraction of sp³-hybridized carbons (Fsp3) is 0.611. The molecular formula is C18H29N3O3S. The molecule has 7 heteroatoms. The average Bonchev–Trinajstić information content (AvgIpc) is 3.39. The van der Waals surface area contributed by atoms with Crippen molar-refractivity contribution in [2.24, 2.45) is 0 Å². The highest BCUT2D eigenvalue weighted by atomic mass is 32.2. The van der Waals surface area contributed by atoms with E-state index in [1.807, 2.05) is 27.7 Å². The van der Waals surface area contributed by atoms with Gasteiger partial charge in [0.1, 0.15) is 0 Å². The van der Waals surface area contributed by atoms with Crippen LogP contribution in [0.15, 0.2) is 29.2 Å². The first-order valence-electron chi connectivity index (χ1n) is 8.96. The molecule has 0 radical (unpaired) electrons. The minimum Gasteiger partial charge on any atom is -0.352 e. The molecule has 2 rings (SSSR count). The molecule has 1 amide bonds. The summed E-state index contributed by atoms with van der Waals surface area (Å²) in [4.78, 5) is 12.3. The van der Waals surface area contributed by atoms with Crippen LogP contribution in [0.2, 0.25) is 0 Å². The van der Waals surface area contributed by atoms with E-state index in [1.54, 1.807) is 24.3 Å². The van der Waals surface area contributed by atoms with E-state index < -0.39 is 10.0 Å². The quantitative estimate of drug-likeness (QED) is 0.700. The Labute approximate surface area is 151 Å². The minimum absolute atomic E-state index is 0.00933. The van der Waals surface area contributed by atoms with Gasteiger partial charge in [0, 0.05) is 25.2 Å². The van der Waals surface area contributed by atoms with Crippen molar-refractivity contribution in [3.63, 3.8) is 0 Å². The number of nitrogens with one attached hydrogen (secondary N) is 2. The first kappa shape index (κ1) is 19.9. The predicted octanol–water partition coefficient (Wildman–Crippen LogP) is 2.03. The summed E-state index contributed by atoms with van der Waals surface area (Å²) in [6.07, 6.45) is 2.13. The summed E-state index contributed by atoms with van der Waals surface area (Å²) in [5.41, 5.74) is 0.949. The van der Waals surface area contributed by atoms with Crippen LogP contribution in [0.3, 0.4) is 0 Å². The van der Waals surface area contributed by atoms with Crippen LogP contribution in [-0.4, -0.2) is 43.8 Å². The lowest BCUT2D eigenvalue weighted by Gasteiger charge is -2.21. The smallest absolute Gasteiger partial charge is 0.243 e. The molecular weight excluding hydrogens is 338 g/mol. The van der Waals surface area contributed by atoms with Crippen LogP contribution in [0, 0.1) is 0 Å². The minimum atomic E-state index is -3.44. The number of hydrogen-bond acceptors (Lipinski definition) is 4. The highest BCUT2D eigenvalue weighted by Crippen LogP contribution is 2.21. The second-order valence-corrected chi connectivity index (χ2v) is 8.49. The van der Waals surface area contributed by atoms with E-state index in [0.717, 1.165) is 18.4 Å². The molecule has 0 bridgehead atoms. The zero-order valence-corrected chi connectivity index (χ0v) is 16.3. The molecule has 6 nitrogen and oxygen atoms in total. The average molecular weight is 368 g/mol. The van der Waals surface area contributed by atoms with Crippen molar-refractivity contribution in [3.05, 3.63) is 29.8 Å². The maximum Gasteiger partial charge on any atom is 0.243 e.